The van der Waals surface area contributed by atoms with Crippen molar-refractivity contribution in [1.82, 2.24) is 9.97 Å². The maximum absolute atomic E-state index is 12.7. The Hall–Kier alpha value is -2.23. The number of ether oxygens (including phenoxy) is 1. The second-order valence-corrected chi connectivity index (χ2v) is 8.69. The van der Waals surface area contributed by atoms with Gasteiger partial charge in [0.2, 0.25) is 0 Å². The average molecular weight is 439 g/mol. The monoisotopic (exact) mass is 438 g/mol. The molecule has 0 saturated heterocycles. The van der Waals surface area contributed by atoms with Gasteiger partial charge in [0, 0.05) is 17.5 Å². The largest absolute Gasteiger partial charge is 0.462 e. The van der Waals surface area contributed by atoms with Crippen LogP contribution in [0.25, 0.3) is 11.4 Å². The fraction of sp³-hybridized carbons (Fsp3) is 0.607. The molecule has 1 heterocycles. The van der Waals surface area contributed by atoms with E-state index in [9.17, 15) is 4.79 Å². The van der Waals surface area contributed by atoms with E-state index in [-0.39, 0.29) is 5.97 Å². The zero-order valence-corrected chi connectivity index (χ0v) is 20.3. The molecule has 1 aromatic heterocycles. The molecule has 0 amide bonds. The van der Waals surface area contributed by atoms with E-state index in [0.29, 0.717) is 18.0 Å². The van der Waals surface area contributed by atoms with Crippen LogP contribution in [-0.2, 0) is 11.2 Å². The molecule has 0 bridgehead atoms. The molecule has 0 atom stereocenters. The molecule has 4 heteroatoms. The summed E-state index contributed by atoms with van der Waals surface area (Å²) in [6, 6.07) is 9.50. The first-order valence-electron chi connectivity index (χ1n) is 12.8. The average Bonchev–Trinajstić information content (AvgIpc) is 2.83. The van der Waals surface area contributed by atoms with Crippen LogP contribution < -0.4 is 0 Å². The number of carbonyl (C=O) groups is 1. The van der Waals surface area contributed by atoms with E-state index in [0.717, 1.165) is 36.9 Å². The van der Waals surface area contributed by atoms with Crippen LogP contribution in [-0.4, -0.2) is 22.5 Å². The van der Waals surface area contributed by atoms with Gasteiger partial charge in [-0.25, -0.2) is 14.8 Å². The van der Waals surface area contributed by atoms with Crippen LogP contribution in [0.15, 0.2) is 36.5 Å². The molecule has 2 aromatic rings. The third-order valence-electron chi connectivity index (χ3n) is 5.87. The van der Waals surface area contributed by atoms with E-state index < -0.39 is 0 Å². The highest BCUT2D eigenvalue weighted by Gasteiger charge is 2.15. The van der Waals surface area contributed by atoms with Gasteiger partial charge in [-0.3, -0.25) is 0 Å². The third kappa shape index (κ3) is 9.93. The second kappa shape index (κ2) is 16.4. The Kier molecular flexibility index (Phi) is 13.3. The van der Waals surface area contributed by atoms with Crippen molar-refractivity contribution in [3.05, 3.63) is 47.8 Å². The van der Waals surface area contributed by atoms with Crippen molar-refractivity contribution < 1.29 is 9.53 Å². The summed E-state index contributed by atoms with van der Waals surface area (Å²) in [4.78, 5) is 21.9. The van der Waals surface area contributed by atoms with E-state index in [4.69, 9.17) is 9.72 Å². The lowest BCUT2D eigenvalue weighted by Crippen LogP contribution is -2.09. The Morgan fingerprint density at radius 3 is 2.12 bits per heavy atom. The molecule has 176 valence electrons. The van der Waals surface area contributed by atoms with E-state index in [2.05, 4.69) is 18.8 Å². The molecule has 0 aliphatic rings. The SMILES string of the molecule is CCCCCCCCCc1ccnc(-c2ccccc2C(=O)OCCCCCCCC)n1. The number of nitrogens with zero attached hydrogens (tertiary/aromatic N) is 2. The first-order valence-corrected chi connectivity index (χ1v) is 12.8. The molecular formula is C28H42N2O2. The molecule has 4 nitrogen and oxygen atoms in total. The van der Waals surface area contributed by atoms with Gasteiger partial charge in [0.05, 0.1) is 12.2 Å². The summed E-state index contributed by atoms with van der Waals surface area (Å²) in [6.07, 6.45) is 18.8. The van der Waals surface area contributed by atoms with Crippen molar-refractivity contribution in [1.29, 1.82) is 0 Å². The lowest BCUT2D eigenvalue weighted by molar-refractivity contribution is 0.0498. The molecule has 0 N–H and O–H groups in total. The van der Waals surface area contributed by atoms with Gasteiger partial charge >= 0.3 is 5.97 Å². The molecule has 32 heavy (non-hydrogen) atoms. The quantitative estimate of drug-likeness (QED) is 0.186. The maximum Gasteiger partial charge on any atom is 0.338 e. The number of hydrogen-bond acceptors (Lipinski definition) is 4. The van der Waals surface area contributed by atoms with Crippen LogP contribution in [0.4, 0.5) is 0 Å². The summed E-state index contributed by atoms with van der Waals surface area (Å²) in [5.74, 6) is 0.327. The summed E-state index contributed by atoms with van der Waals surface area (Å²) in [6.45, 7) is 4.94. The normalized spacial score (nSPS) is 10.9. The Balaban J connectivity index is 1.86. The third-order valence-corrected chi connectivity index (χ3v) is 5.87. The van der Waals surface area contributed by atoms with E-state index in [1.54, 1.807) is 6.20 Å². The molecule has 0 saturated carbocycles. The molecule has 0 spiro atoms. The van der Waals surface area contributed by atoms with E-state index >= 15 is 0 Å². The van der Waals surface area contributed by atoms with Crippen molar-refractivity contribution in [2.24, 2.45) is 0 Å². The number of aryl methyl sites for hydroxylation is 1. The van der Waals surface area contributed by atoms with Gasteiger partial charge in [0.1, 0.15) is 0 Å². The molecule has 0 aliphatic carbocycles. The second-order valence-electron chi connectivity index (χ2n) is 8.69. The van der Waals surface area contributed by atoms with Crippen LogP contribution in [0.2, 0.25) is 0 Å². The highest BCUT2D eigenvalue weighted by atomic mass is 16.5. The molecule has 0 unspecified atom stereocenters. The number of esters is 1. The Labute approximate surface area is 195 Å². The Bertz CT molecular complexity index is 776. The van der Waals surface area contributed by atoms with Gasteiger partial charge in [0.25, 0.3) is 0 Å². The maximum atomic E-state index is 12.7. The van der Waals surface area contributed by atoms with Crippen LogP contribution in [0.1, 0.15) is 113 Å². The summed E-state index contributed by atoms with van der Waals surface area (Å²) >= 11 is 0. The fourth-order valence-corrected chi connectivity index (χ4v) is 3.91. The number of aromatic nitrogens is 2. The summed E-state index contributed by atoms with van der Waals surface area (Å²) in [5.41, 5.74) is 2.34. The van der Waals surface area contributed by atoms with Gasteiger partial charge < -0.3 is 4.74 Å². The van der Waals surface area contributed by atoms with Gasteiger partial charge in [-0.05, 0) is 31.4 Å². The molecule has 0 fully saturated rings. The predicted octanol–water partition coefficient (Wildman–Crippen LogP) is 7.95. The number of hydrogen-bond donors (Lipinski definition) is 0. The van der Waals surface area contributed by atoms with Gasteiger partial charge in [-0.2, -0.15) is 0 Å². The minimum absolute atomic E-state index is 0.282. The number of carbonyl (C=O) groups excluding carboxylic acids is 1. The topological polar surface area (TPSA) is 52.1 Å². The van der Waals surface area contributed by atoms with Gasteiger partial charge in [0.15, 0.2) is 5.82 Å². The summed E-state index contributed by atoms with van der Waals surface area (Å²) in [7, 11) is 0. The van der Waals surface area contributed by atoms with E-state index in [1.807, 2.05) is 30.3 Å². The first-order chi connectivity index (χ1) is 15.8. The minimum atomic E-state index is -0.282. The highest BCUT2D eigenvalue weighted by molar-refractivity contribution is 5.96. The fourth-order valence-electron chi connectivity index (χ4n) is 3.91. The van der Waals surface area contributed by atoms with Crippen molar-refractivity contribution >= 4 is 5.97 Å². The molecule has 0 radical (unpaired) electrons. The van der Waals surface area contributed by atoms with Crippen molar-refractivity contribution in [2.45, 2.75) is 104 Å². The van der Waals surface area contributed by atoms with Crippen molar-refractivity contribution in [3.63, 3.8) is 0 Å². The summed E-state index contributed by atoms with van der Waals surface area (Å²) < 4.78 is 5.55. The van der Waals surface area contributed by atoms with Crippen LogP contribution >= 0.6 is 0 Å². The van der Waals surface area contributed by atoms with Crippen LogP contribution in [0.3, 0.4) is 0 Å². The van der Waals surface area contributed by atoms with Crippen LogP contribution in [0.5, 0.6) is 0 Å². The molecule has 1 aromatic carbocycles. The highest BCUT2D eigenvalue weighted by Crippen LogP contribution is 2.22. The van der Waals surface area contributed by atoms with Crippen molar-refractivity contribution in [2.75, 3.05) is 6.61 Å². The lowest BCUT2D eigenvalue weighted by atomic mass is 10.1. The zero-order valence-electron chi connectivity index (χ0n) is 20.3. The van der Waals surface area contributed by atoms with Gasteiger partial charge in [-0.1, -0.05) is 103 Å². The molecule has 0 aliphatic heterocycles. The lowest BCUT2D eigenvalue weighted by Gasteiger charge is -2.10. The Morgan fingerprint density at radius 2 is 1.41 bits per heavy atom. The molecule has 2 rings (SSSR count). The summed E-state index contributed by atoms with van der Waals surface area (Å²) in [5, 5.41) is 0. The van der Waals surface area contributed by atoms with Gasteiger partial charge in [-0.15, -0.1) is 0 Å². The number of rotatable bonds is 17. The van der Waals surface area contributed by atoms with Crippen molar-refractivity contribution in [3.8, 4) is 11.4 Å². The zero-order chi connectivity index (χ0) is 22.9. The number of unbranched alkanes of at least 4 members (excludes halogenated alkanes) is 11. The van der Waals surface area contributed by atoms with E-state index in [1.165, 1.54) is 64.2 Å². The molecular weight excluding hydrogens is 396 g/mol. The Morgan fingerprint density at radius 1 is 0.781 bits per heavy atom. The first kappa shape index (κ1) is 26.0. The smallest absolute Gasteiger partial charge is 0.338 e. The van der Waals surface area contributed by atoms with Crippen LogP contribution in [0, 0.1) is 0 Å². The number of benzene rings is 1. The minimum Gasteiger partial charge on any atom is -0.462 e. The standard InChI is InChI=1S/C28H42N2O2/c1-3-5-7-9-11-12-14-18-24-21-22-29-27(30-24)25-19-15-16-20-26(25)28(31)32-23-17-13-10-8-6-4-2/h15-16,19-22H,3-14,17-18,23H2,1-2H3. The predicted molar refractivity (Wildman–Crippen MR) is 133 cm³/mol.